The van der Waals surface area contributed by atoms with Crippen LogP contribution in [0.25, 0.3) is 0 Å². The average molecular weight is 272 g/mol. The van der Waals surface area contributed by atoms with Gasteiger partial charge in [-0.1, -0.05) is 0 Å². The second kappa shape index (κ2) is 4.81. The molecule has 0 saturated heterocycles. The number of rotatable bonds is 2. The van der Waals surface area contributed by atoms with E-state index in [9.17, 15) is 8.78 Å². The van der Waals surface area contributed by atoms with Gasteiger partial charge in [-0.3, -0.25) is 0 Å². The molecule has 1 aromatic rings. The maximum absolute atomic E-state index is 12.5. The van der Waals surface area contributed by atoms with E-state index in [0.29, 0.717) is 0 Å². The minimum absolute atomic E-state index is 0.0654. The summed E-state index contributed by atoms with van der Waals surface area (Å²) in [5, 5.41) is 17.1. The van der Waals surface area contributed by atoms with Crippen LogP contribution in [0.15, 0.2) is 10.5 Å². The monoisotopic (exact) mass is 271 g/mol. The van der Waals surface area contributed by atoms with Gasteiger partial charge in [0.25, 0.3) is 6.43 Å². The van der Waals surface area contributed by atoms with Crippen molar-refractivity contribution >= 4 is 15.9 Å². The summed E-state index contributed by atoms with van der Waals surface area (Å²) in [4.78, 5) is 3.57. The van der Waals surface area contributed by atoms with Crippen molar-refractivity contribution in [2.75, 3.05) is 0 Å². The lowest BCUT2D eigenvalue weighted by Crippen LogP contribution is -2.00. The first-order valence-electron chi connectivity index (χ1n) is 3.84. The van der Waals surface area contributed by atoms with Gasteiger partial charge in [-0.05, 0) is 22.0 Å². The standard InChI is InChI=1S/C9H4BrF2N3/c10-7-3-5(1-2-13)15-8(9(11)12)6(7)4-14/h3,9H,1H2. The SMILES string of the molecule is N#CCc1cc(Br)c(C#N)c(C(F)F)n1. The molecule has 0 saturated carbocycles. The molecular weight excluding hydrogens is 268 g/mol. The van der Waals surface area contributed by atoms with Crippen LogP contribution in [-0.2, 0) is 6.42 Å². The molecule has 0 bridgehead atoms. The number of hydrogen-bond acceptors (Lipinski definition) is 3. The lowest BCUT2D eigenvalue weighted by molar-refractivity contribution is 0.145. The molecule has 1 heterocycles. The molecule has 1 aromatic heterocycles. The first-order chi connectivity index (χ1) is 7.10. The van der Waals surface area contributed by atoms with Crippen LogP contribution in [0.2, 0.25) is 0 Å². The highest BCUT2D eigenvalue weighted by atomic mass is 79.9. The Balaban J connectivity index is 3.35. The number of alkyl halides is 2. The van der Waals surface area contributed by atoms with Crippen LogP contribution in [0.4, 0.5) is 8.78 Å². The van der Waals surface area contributed by atoms with Crippen molar-refractivity contribution in [2.24, 2.45) is 0 Å². The van der Waals surface area contributed by atoms with Crippen LogP contribution in [0.3, 0.4) is 0 Å². The Bertz CT molecular complexity index is 460. The highest BCUT2D eigenvalue weighted by Crippen LogP contribution is 2.27. The minimum Gasteiger partial charge on any atom is -0.249 e. The summed E-state index contributed by atoms with van der Waals surface area (Å²) in [6.45, 7) is 0. The lowest BCUT2D eigenvalue weighted by atomic mass is 10.1. The predicted octanol–water partition coefficient (Wildman–Crippen LogP) is 2.72. The van der Waals surface area contributed by atoms with E-state index in [1.54, 1.807) is 12.1 Å². The van der Waals surface area contributed by atoms with E-state index in [0.717, 1.165) is 0 Å². The average Bonchev–Trinajstić information content (AvgIpc) is 2.17. The molecule has 3 nitrogen and oxygen atoms in total. The first-order valence-corrected chi connectivity index (χ1v) is 4.64. The topological polar surface area (TPSA) is 60.5 Å². The van der Waals surface area contributed by atoms with Gasteiger partial charge in [0.1, 0.15) is 11.8 Å². The van der Waals surface area contributed by atoms with Gasteiger partial charge in [-0.25, -0.2) is 13.8 Å². The van der Waals surface area contributed by atoms with Gasteiger partial charge in [0.05, 0.1) is 23.7 Å². The van der Waals surface area contributed by atoms with Crippen LogP contribution in [0.1, 0.15) is 23.4 Å². The van der Waals surface area contributed by atoms with Gasteiger partial charge in [-0.2, -0.15) is 10.5 Å². The number of nitrogens with zero attached hydrogens (tertiary/aromatic N) is 3. The van der Waals surface area contributed by atoms with Gasteiger partial charge in [0.15, 0.2) is 0 Å². The summed E-state index contributed by atoms with van der Waals surface area (Å²) in [5.74, 6) is 0. The van der Waals surface area contributed by atoms with E-state index in [1.807, 2.05) is 0 Å². The summed E-state index contributed by atoms with van der Waals surface area (Å²) in [6.07, 6.45) is -2.89. The summed E-state index contributed by atoms with van der Waals surface area (Å²) >= 11 is 2.99. The third-order valence-corrected chi connectivity index (χ3v) is 2.26. The molecule has 0 unspecified atom stereocenters. The quantitative estimate of drug-likeness (QED) is 0.831. The summed E-state index contributed by atoms with van der Waals surface area (Å²) in [5.41, 5.74) is -0.553. The Morgan fingerprint density at radius 3 is 2.60 bits per heavy atom. The number of nitriles is 2. The molecule has 15 heavy (non-hydrogen) atoms. The maximum Gasteiger partial charge on any atom is 0.281 e. The molecule has 0 aliphatic heterocycles. The summed E-state index contributed by atoms with van der Waals surface area (Å²) in [6, 6.07) is 4.84. The van der Waals surface area contributed by atoms with Crippen LogP contribution in [-0.4, -0.2) is 4.98 Å². The maximum atomic E-state index is 12.5. The molecule has 76 valence electrons. The van der Waals surface area contributed by atoms with Crippen molar-refractivity contribution in [3.63, 3.8) is 0 Å². The van der Waals surface area contributed by atoms with Gasteiger partial charge >= 0.3 is 0 Å². The largest absolute Gasteiger partial charge is 0.281 e. The molecule has 0 fully saturated rings. The molecule has 0 aromatic carbocycles. The third-order valence-electron chi connectivity index (χ3n) is 1.63. The molecule has 6 heteroatoms. The molecule has 1 rings (SSSR count). The number of pyridine rings is 1. The smallest absolute Gasteiger partial charge is 0.249 e. The van der Waals surface area contributed by atoms with E-state index in [-0.39, 0.29) is 22.2 Å². The Morgan fingerprint density at radius 1 is 1.47 bits per heavy atom. The lowest BCUT2D eigenvalue weighted by Gasteiger charge is -2.05. The molecule has 0 N–H and O–H groups in total. The van der Waals surface area contributed by atoms with Crippen molar-refractivity contribution < 1.29 is 8.78 Å². The molecule has 0 aliphatic rings. The molecule has 0 atom stereocenters. The first kappa shape index (κ1) is 11.5. The zero-order chi connectivity index (χ0) is 11.4. The fourth-order valence-electron chi connectivity index (χ4n) is 1.02. The molecule has 0 aliphatic carbocycles. The second-order valence-corrected chi connectivity index (χ2v) is 3.46. The van der Waals surface area contributed by atoms with Crippen LogP contribution in [0, 0.1) is 22.7 Å². The fraction of sp³-hybridized carbons (Fsp3) is 0.222. The Labute approximate surface area is 93.1 Å². The van der Waals surface area contributed by atoms with Crippen LogP contribution in [0.5, 0.6) is 0 Å². The normalized spacial score (nSPS) is 9.73. The number of aromatic nitrogens is 1. The highest BCUT2D eigenvalue weighted by molar-refractivity contribution is 9.10. The third kappa shape index (κ3) is 2.48. The molecule has 0 radical (unpaired) electrons. The fourth-order valence-corrected chi connectivity index (χ4v) is 1.58. The zero-order valence-electron chi connectivity index (χ0n) is 7.34. The Kier molecular flexibility index (Phi) is 3.70. The van der Waals surface area contributed by atoms with Crippen molar-refractivity contribution in [2.45, 2.75) is 12.8 Å². The van der Waals surface area contributed by atoms with E-state index >= 15 is 0 Å². The minimum atomic E-state index is -2.82. The summed E-state index contributed by atoms with van der Waals surface area (Å²) in [7, 11) is 0. The van der Waals surface area contributed by atoms with Crippen molar-refractivity contribution in [3.8, 4) is 12.1 Å². The van der Waals surface area contributed by atoms with Crippen molar-refractivity contribution in [3.05, 3.63) is 27.5 Å². The van der Waals surface area contributed by atoms with Gasteiger partial charge < -0.3 is 0 Å². The van der Waals surface area contributed by atoms with E-state index in [2.05, 4.69) is 20.9 Å². The van der Waals surface area contributed by atoms with Crippen LogP contribution < -0.4 is 0 Å². The predicted molar refractivity (Wildman–Crippen MR) is 50.9 cm³/mol. The second-order valence-electron chi connectivity index (χ2n) is 2.60. The number of halogens is 3. The molecular formula is C9H4BrF2N3. The zero-order valence-corrected chi connectivity index (χ0v) is 8.92. The Morgan fingerprint density at radius 2 is 2.13 bits per heavy atom. The summed E-state index contributed by atoms with van der Waals surface area (Å²) < 4.78 is 25.2. The molecule has 0 spiro atoms. The van der Waals surface area contributed by atoms with E-state index < -0.39 is 12.1 Å². The molecule has 0 amide bonds. The van der Waals surface area contributed by atoms with Crippen molar-refractivity contribution in [1.29, 1.82) is 10.5 Å². The van der Waals surface area contributed by atoms with E-state index in [4.69, 9.17) is 10.5 Å². The van der Waals surface area contributed by atoms with Crippen LogP contribution >= 0.6 is 15.9 Å². The Hall–Kier alpha value is -1.53. The van der Waals surface area contributed by atoms with Gasteiger partial charge in [0, 0.05) is 4.47 Å². The number of hydrogen-bond donors (Lipinski definition) is 0. The van der Waals surface area contributed by atoms with E-state index in [1.165, 1.54) is 6.07 Å². The van der Waals surface area contributed by atoms with Gasteiger partial charge in [0.2, 0.25) is 0 Å². The highest BCUT2D eigenvalue weighted by Gasteiger charge is 2.18. The van der Waals surface area contributed by atoms with Crippen molar-refractivity contribution in [1.82, 2.24) is 4.98 Å². The van der Waals surface area contributed by atoms with Gasteiger partial charge in [-0.15, -0.1) is 0 Å².